The maximum Gasteiger partial charge on any atom is 0.257 e. The minimum absolute atomic E-state index is 0.0150. The van der Waals surface area contributed by atoms with Gasteiger partial charge in [0, 0.05) is 6.54 Å². The van der Waals surface area contributed by atoms with Gasteiger partial charge in [-0.2, -0.15) is 0 Å². The zero-order valence-electron chi connectivity index (χ0n) is 12.9. The number of ether oxygens (including phenoxy) is 2. The smallest absolute Gasteiger partial charge is 0.257 e. The van der Waals surface area contributed by atoms with Crippen LogP contribution in [0.2, 0.25) is 0 Å². The second-order valence-corrected chi connectivity index (χ2v) is 5.33. The Bertz CT molecular complexity index is 430. The molecule has 0 radical (unpaired) electrons. The van der Waals surface area contributed by atoms with E-state index >= 15 is 0 Å². The molecule has 1 aromatic carbocycles. The highest BCUT2D eigenvalue weighted by molar-refractivity contribution is 5.77. The molecule has 0 saturated carbocycles. The number of amides is 1. The predicted molar refractivity (Wildman–Crippen MR) is 80.3 cm³/mol. The van der Waals surface area contributed by atoms with Gasteiger partial charge in [-0.1, -0.05) is 19.9 Å². The van der Waals surface area contributed by atoms with Crippen molar-refractivity contribution in [1.29, 1.82) is 0 Å². The highest BCUT2D eigenvalue weighted by atomic mass is 16.5. The van der Waals surface area contributed by atoms with Gasteiger partial charge in [-0.25, -0.2) is 0 Å². The molecule has 1 N–H and O–H groups in total. The molecule has 20 heavy (non-hydrogen) atoms. The Morgan fingerprint density at radius 1 is 1.30 bits per heavy atom. The third-order valence-corrected chi connectivity index (χ3v) is 2.96. The molecular formula is C16H25NO3. The van der Waals surface area contributed by atoms with Crippen LogP contribution in [0, 0.1) is 12.8 Å². The molecule has 0 saturated heterocycles. The molecule has 0 heterocycles. The Kier molecular flexibility index (Phi) is 6.91. The van der Waals surface area contributed by atoms with Crippen LogP contribution in [0.5, 0.6) is 11.5 Å². The van der Waals surface area contributed by atoms with E-state index in [2.05, 4.69) is 19.2 Å². The normalized spacial score (nSPS) is 10.4. The standard InChI is InChI=1S/C16H25NO3/c1-12(2)6-5-9-17-16(18)11-20-14-8-7-13(3)10-15(14)19-4/h7-8,10,12H,5-6,9,11H2,1-4H3,(H,17,18). The zero-order valence-corrected chi connectivity index (χ0v) is 12.9. The largest absolute Gasteiger partial charge is 0.493 e. The number of benzene rings is 1. The first-order valence-electron chi connectivity index (χ1n) is 7.07. The van der Waals surface area contributed by atoms with Crippen LogP contribution in [0.15, 0.2) is 18.2 Å². The zero-order chi connectivity index (χ0) is 15.0. The lowest BCUT2D eigenvalue weighted by Crippen LogP contribution is -2.29. The lowest BCUT2D eigenvalue weighted by molar-refractivity contribution is -0.123. The Morgan fingerprint density at radius 2 is 2.05 bits per heavy atom. The van der Waals surface area contributed by atoms with E-state index < -0.39 is 0 Å². The molecule has 0 aliphatic carbocycles. The van der Waals surface area contributed by atoms with Crippen LogP contribution in [0.3, 0.4) is 0 Å². The first kappa shape index (κ1) is 16.3. The van der Waals surface area contributed by atoms with Gasteiger partial charge in [0.15, 0.2) is 18.1 Å². The van der Waals surface area contributed by atoms with Crippen molar-refractivity contribution in [2.24, 2.45) is 5.92 Å². The molecule has 0 spiro atoms. The lowest BCUT2D eigenvalue weighted by atomic mass is 10.1. The van der Waals surface area contributed by atoms with E-state index in [1.807, 2.05) is 25.1 Å². The van der Waals surface area contributed by atoms with Gasteiger partial charge in [-0.05, 0) is 43.4 Å². The highest BCUT2D eigenvalue weighted by Crippen LogP contribution is 2.27. The van der Waals surface area contributed by atoms with Gasteiger partial charge in [0.25, 0.3) is 5.91 Å². The summed E-state index contributed by atoms with van der Waals surface area (Å²) >= 11 is 0. The van der Waals surface area contributed by atoms with Crippen molar-refractivity contribution < 1.29 is 14.3 Å². The quantitative estimate of drug-likeness (QED) is 0.744. The van der Waals surface area contributed by atoms with Crippen molar-refractivity contribution in [3.8, 4) is 11.5 Å². The maximum atomic E-state index is 11.7. The van der Waals surface area contributed by atoms with Crippen LogP contribution in [0.4, 0.5) is 0 Å². The van der Waals surface area contributed by atoms with Crippen LogP contribution in [0.25, 0.3) is 0 Å². The van der Waals surface area contributed by atoms with Crippen molar-refractivity contribution in [3.05, 3.63) is 23.8 Å². The molecule has 1 aromatic rings. The fourth-order valence-electron chi connectivity index (χ4n) is 1.83. The van der Waals surface area contributed by atoms with Crippen LogP contribution in [0.1, 0.15) is 32.3 Å². The summed E-state index contributed by atoms with van der Waals surface area (Å²) in [6.07, 6.45) is 2.12. The summed E-state index contributed by atoms with van der Waals surface area (Å²) in [7, 11) is 1.59. The molecule has 0 fully saturated rings. The summed E-state index contributed by atoms with van der Waals surface area (Å²) in [5.41, 5.74) is 1.09. The second-order valence-electron chi connectivity index (χ2n) is 5.33. The van der Waals surface area contributed by atoms with E-state index in [4.69, 9.17) is 9.47 Å². The number of rotatable bonds is 8. The molecule has 0 aliphatic rings. The van der Waals surface area contributed by atoms with Gasteiger partial charge in [-0.3, -0.25) is 4.79 Å². The number of methoxy groups -OCH3 is 1. The summed E-state index contributed by atoms with van der Waals surface area (Å²) in [5.74, 6) is 1.81. The minimum atomic E-state index is -0.101. The molecule has 4 nitrogen and oxygen atoms in total. The van der Waals surface area contributed by atoms with Gasteiger partial charge in [0.2, 0.25) is 0 Å². The van der Waals surface area contributed by atoms with E-state index in [0.29, 0.717) is 24.0 Å². The summed E-state index contributed by atoms with van der Waals surface area (Å²) < 4.78 is 10.7. The molecule has 1 amide bonds. The van der Waals surface area contributed by atoms with Crippen molar-refractivity contribution in [1.82, 2.24) is 5.32 Å². The number of hydrogen-bond acceptors (Lipinski definition) is 3. The average molecular weight is 279 g/mol. The molecule has 4 heteroatoms. The fourth-order valence-corrected chi connectivity index (χ4v) is 1.83. The summed E-state index contributed by atoms with van der Waals surface area (Å²) in [6.45, 7) is 7.05. The summed E-state index contributed by atoms with van der Waals surface area (Å²) in [5, 5.41) is 2.85. The summed E-state index contributed by atoms with van der Waals surface area (Å²) in [6, 6.07) is 5.63. The van der Waals surface area contributed by atoms with Crippen molar-refractivity contribution in [2.45, 2.75) is 33.6 Å². The van der Waals surface area contributed by atoms with Crippen LogP contribution in [-0.2, 0) is 4.79 Å². The van der Waals surface area contributed by atoms with Gasteiger partial charge in [0.1, 0.15) is 0 Å². The van der Waals surface area contributed by atoms with Crippen molar-refractivity contribution in [2.75, 3.05) is 20.3 Å². The lowest BCUT2D eigenvalue weighted by Gasteiger charge is -2.11. The van der Waals surface area contributed by atoms with E-state index in [1.165, 1.54) is 0 Å². The maximum absolute atomic E-state index is 11.7. The summed E-state index contributed by atoms with van der Waals surface area (Å²) in [4.78, 5) is 11.7. The molecular weight excluding hydrogens is 254 g/mol. The van der Waals surface area contributed by atoms with Gasteiger partial charge < -0.3 is 14.8 Å². The average Bonchev–Trinajstić information content (AvgIpc) is 2.41. The highest BCUT2D eigenvalue weighted by Gasteiger charge is 2.07. The Hall–Kier alpha value is -1.71. The molecule has 1 rings (SSSR count). The first-order valence-corrected chi connectivity index (χ1v) is 7.07. The SMILES string of the molecule is COc1cc(C)ccc1OCC(=O)NCCCC(C)C. The molecule has 0 aromatic heterocycles. The van der Waals surface area contributed by atoms with E-state index in [-0.39, 0.29) is 12.5 Å². The predicted octanol–water partition coefficient (Wildman–Crippen LogP) is 2.93. The van der Waals surface area contributed by atoms with Gasteiger partial charge in [-0.15, -0.1) is 0 Å². The number of hydrogen-bond donors (Lipinski definition) is 1. The van der Waals surface area contributed by atoms with Crippen LogP contribution in [-0.4, -0.2) is 26.2 Å². The second kappa shape index (κ2) is 8.46. The van der Waals surface area contributed by atoms with Crippen LogP contribution >= 0.6 is 0 Å². The van der Waals surface area contributed by atoms with Gasteiger partial charge in [0.05, 0.1) is 7.11 Å². The first-order chi connectivity index (χ1) is 9.52. The minimum Gasteiger partial charge on any atom is -0.493 e. The third kappa shape index (κ3) is 5.95. The number of carbonyl (C=O) groups is 1. The van der Waals surface area contributed by atoms with E-state index in [1.54, 1.807) is 7.11 Å². The van der Waals surface area contributed by atoms with Crippen molar-refractivity contribution >= 4 is 5.91 Å². The molecule has 0 atom stereocenters. The molecule has 0 unspecified atom stereocenters. The van der Waals surface area contributed by atoms with Crippen molar-refractivity contribution in [3.63, 3.8) is 0 Å². The Balaban J connectivity index is 2.34. The molecule has 0 bridgehead atoms. The number of nitrogens with one attached hydrogen (secondary N) is 1. The van der Waals surface area contributed by atoms with Crippen LogP contribution < -0.4 is 14.8 Å². The Labute approximate surface area is 121 Å². The molecule has 112 valence electrons. The van der Waals surface area contributed by atoms with Gasteiger partial charge >= 0.3 is 0 Å². The Morgan fingerprint density at radius 3 is 2.70 bits per heavy atom. The molecule has 0 aliphatic heterocycles. The van der Waals surface area contributed by atoms with E-state index in [9.17, 15) is 4.79 Å². The van der Waals surface area contributed by atoms with E-state index in [0.717, 1.165) is 18.4 Å². The number of aryl methyl sites for hydroxylation is 1. The monoisotopic (exact) mass is 279 g/mol. The number of carbonyl (C=O) groups excluding carboxylic acids is 1. The third-order valence-electron chi connectivity index (χ3n) is 2.96. The fraction of sp³-hybridized carbons (Fsp3) is 0.562. The topological polar surface area (TPSA) is 47.6 Å².